The van der Waals surface area contributed by atoms with Crippen LogP contribution in [0.3, 0.4) is 0 Å². The van der Waals surface area contributed by atoms with Gasteiger partial charge >= 0.3 is 0 Å². The summed E-state index contributed by atoms with van der Waals surface area (Å²) < 4.78 is 1.66. The molecule has 0 aliphatic rings. The van der Waals surface area contributed by atoms with E-state index in [1.165, 1.54) is 17.7 Å². The molecule has 0 aromatic carbocycles. The van der Waals surface area contributed by atoms with Crippen molar-refractivity contribution in [3.05, 3.63) is 34.1 Å². The lowest BCUT2D eigenvalue weighted by Crippen LogP contribution is -2.27. The second-order valence-electron chi connectivity index (χ2n) is 6.41. The van der Waals surface area contributed by atoms with Crippen LogP contribution in [0.25, 0.3) is 5.65 Å². The van der Waals surface area contributed by atoms with Crippen LogP contribution >= 0.6 is 0 Å². The van der Waals surface area contributed by atoms with Gasteiger partial charge < -0.3 is 5.32 Å². The molecule has 9 nitrogen and oxygen atoms in total. The molecule has 9 heteroatoms. The van der Waals surface area contributed by atoms with Crippen LogP contribution < -0.4 is 10.8 Å². The Balaban J connectivity index is 2.49. The van der Waals surface area contributed by atoms with Gasteiger partial charge in [-0.05, 0) is 17.9 Å². The Hall–Kier alpha value is -2.68. The molecule has 2 rings (SSSR count). The minimum absolute atomic E-state index is 0.0373. The van der Waals surface area contributed by atoms with Crippen LogP contribution in [-0.4, -0.2) is 32.0 Å². The molecule has 0 bridgehead atoms. The molecule has 2 aromatic rings. The third-order valence-electron chi connectivity index (χ3n) is 3.15. The van der Waals surface area contributed by atoms with Crippen LogP contribution in [0.2, 0.25) is 0 Å². The highest BCUT2D eigenvalue weighted by molar-refractivity contribution is 5.79. The van der Waals surface area contributed by atoms with Crippen molar-refractivity contribution >= 4 is 23.1 Å². The highest BCUT2D eigenvalue weighted by Gasteiger charge is 2.21. The molecule has 23 heavy (non-hydrogen) atoms. The molecule has 0 atom stereocenters. The molecule has 0 unspecified atom stereocenters. The molecule has 3 N–H and O–H groups in total. The van der Waals surface area contributed by atoms with Crippen molar-refractivity contribution in [2.45, 2.75) is 27.2 Å². The van der Waals surface area contributed by atoms with E-state index in [1.54, 1.807) is 10.5 Å². The van der Waals surface area contributed by atoms with Crippen LogP contribution in [0.5, 0.6) is 0 Å². The molecule has 0 saturated heterocycles. The highest BCUT2D eigenvalue weighted by Crippen LogP contribution is 2.28. The fourth-order valence-electron chi connectivity index (χ4n) is 2.21. The topological polar surface area (TPSA) is 122 Å². The van der Waals surface area contributed by atoms with Gasteiger partial charge in [0.25, 0.3) is 11.6 Å². The molecule has 0 aliphatic carbocycles. The van der Waals surface area contributed by atoms with Gasteiger partial charge in [-0.3, -0.25) is 24.5 Å². The van der Waals surface area contributed by atoms with Crippen molar-refractivity contribution in [1.29, 1.82) is 0 Å². The van der Waals surface area contributed by atoms with E-state index in [0.717, 1.165) is 5.69 Å². The van der Waals surface area contributed by atoms with Crippen molar-refractivity contribution in [3.8, 4) is 0 Å². The quantitative estimate of drug-likeness (QED) is 0.438. The molecular weight excluding hydrogens is 302 g/mol. The maximum absolute atomic E-state index is 11.2. The zero-order valence-corrected chi connectivity index (χ0v) is 13.2. The SMILES string of the molecule is CC(C)(C)Cc1c(NCC(=O)NO)nc2ccc([N+](=O)[O-])cn12. The fraction of sp³-hybridized carbons (Fsp3) is 0.429. The molecule has 0 spiro atoms. The van der Waals surface area contributed by atoms with E-state index in [9.17, 15) is 14.9 Å². The maximum atomic E-state index is 11.2. The van der Waals surface area contributed by atoms with Crippen molar-refractivity contribution < 1.29 is 14.9 Å². The average Bonchev–Trinajstić information content (AvgIpc) is 2.80. The molecule has 2 aromatic heterocycles. The first-order valence-corrected chi connectivity index (χ1v) is 7.03. The van der Waals surface area contributed by atoms with Gasteiger partial charge in [0, 0.05) is 6.07 Å². The number of fused-ring (bicyclic) bond motifs is 1. The normalized spacial score (nSPS) is 11.5. The summed E-state index contributed by atoms with van der Waals surface area (Å²) in [5.41, 5.74) is 2.69. The second kappa shape index (κ2) is 6.21. The summed E-state index contributed by atoms with van der Waals surface area (Å²) in [6.45, 7) is 5.95. The Morgan fingerprint density at radius 2 is 2.13 bits per heavy atom. The molecule has 0 aliphatic heterocycles. The summed E-state index contributed by atoms with van der Waals surface area (Å²) >= 11 is 0. The van der Waals surface area contributed by atoms with Gasteiger partial charge in [0.1, 0.15) is 11.5 Å². The maximum Gasteiger partial charge on any atom is 0.286 e. The number of hydroxylamine groups is 1. The predicted octanol–water partition coefficient (Wildman–Crippen LogP) is 1.75. The van der Waals surface area contributed by atoms with E-state index in [0.29, 0.717) is 17.9 Å². The fourth-order valence-corrected chi connectivity index (χ4v) is 2.21. The number of rotatable bonds is 5. The minimum atomic E-state index is -0.602. The number of amides is 1. The molecule has 0 fully saturated rings. The number of nitrogens with zero attached hydrogens (tertiary/aromatic N) is 3. The van der Waals surface area contributed by atoms with Crippen molar-refractivity contribution in [2.24, 2.45) is 5.41 Å². The van der Waals surface area contributed by atoms with Gasteiger partial charge in [-0.1, -0.05) is 20.8 Å². The summed E-state index contributed by atoms with van der Waals surface area (Å²) in [7, 11) is 0. The Kier molecular flexibility index (Phi) is 4.50. The molecule has 124 valence electrons. The number of nitrogens with one attached hydrogen (secondary N) is 2. The van der Waals surface area contributed by atoms with Gasteiger partial charge in [0.15, 0.2) is 0 Å². The molecule has 0 radical (unpaired) electrons. The second-order valence-corrected chi connectivity index (χ2v) is 6.41. The summed E-state index contributed by atoms with van der Waals surface area (Å²) in [5, 5.41) is 22.4. The molecular formula is C14H19N5O4. The first kappa shape index (κ1) is 16.7. The summed E-state index contributed by atoms with van der Waals surface area (Å²) in [6, 6.07) is 2.94. The van der Waals surface area contributed by atoms with E-state index in [4.69, 9.17) is 5.21 Å². The van der Waals surface area contributed by atoms with Crippen molar-refractivity contribution in [1.82, 2.24) is 14.9 Å². The van der Waals surface area contributed by atoms with Crippen LogP contribution in [0.15, 0.2) is 18.3 Å². The number of hydrogen-bond acceptors (Lipinski definition) is 6. The largest absolute Gasteiger partial charge is 0.359 e. The van der Waals surface area contributed by atoms with Crippen LogP contribution in [0.4, 0.5) is 11.5 Å². The van der Waals surface area contributed by atoms with Crippen LogP contribution in [0.1, 0.15) is 26.5 Å². The van der Waals surface area contributed by atoms with E-state index < -0.39 is 10.8 Å². The van der Waals surface area contributed by atoms with Gasteiger partial charge in [-0.25, -0.2) is 10.5 Å². The third-order valence-corrected chi connectivity index (χ3v) is 3.15. The lowest BCUT2D eigenvalue weighted by molar-refractivity contribution is -0.385. The first-order chi connectivity index (χ1) is 10.7. The van der Waals surface area contributed by atoms with Gasteiger partial charge in [0.2, 0.25) is 0 Å². The Bertz CT molecular complexity index is 747. The number of carbonyl (C=O) groups excluding carboxylic acids is 1. The van der Waals surface area contributed by atoms with E-state index >= 15 is 0 Å². The molecule has 2 heterocycles. The summed E-state index contributed by atoms with van der Waals surface area (Å²) in [5.74, 6) is -0.140. The number of carbonyl (C=O) groups is 1. The first-order valence-electron chi connectivity index (χ1n) is 7.03. The molecule has 1 amide bonds. The zero-order valence-electron chi connectivity index (χ0n) is 13.2. The zero-order chi connectivity index (χ0) is 17.2. The number of anilines is 1. The average molecular weight is 321 g/mol. The van der Waals surface area contributed by atoms with Crippen LogP contribution in [0, 0.1) is 15.5 Å². The van der Waals surface area contributed by atoms with Crippen molar-refractivity contribution in [3.63, 3.8) is 0 Å². The summed E-state index contributed by atoms with van der Waals surface area (Å²) in [6.07, 6.45) is 2.01. The predicted molar refractivity (Wildman–Crippen MR) is 83.4 cm³/mol. The Morgan fingerprint density at radius 3 is 2.70 bits per heavy atom. The number of pyridine rings is 1. The van der Waals surface area contributed by atoms with Gasteiger partial charge in [-0.15, -0.1) is 0 Å². The van der Waals surface area contributed by atoms with E-state index in [2.05, 4.69) is 10.3 Å². The Labute approximate surface area is 132 Å². The highest BCUT2D eigenvalue weighted by atomic mass is 16.6. The standard InChI is InChI=1S/C14H19N5O4/c1-14(2,3)6-10-13(15-7-12(20)17-21)16-11-5-4-9(19(22)23)8-18(10)11/h4-5,8,15,21H,6-7H2,1-3H3,(H,17,20). The number of nitro groups is 1. The number of imidazole rings is 1. The van der Waals surface area contributed by atoms with Crippen molar-refractivity contribution in [2.75, 3.05) is 11.9 Å². The number of aromatic nitrogens is 2. The van der Waals surface area contributed by atoms with Gasteiger partial charge in [-0.2, -0.15) is 0 Å². The van der Waals surface area contributed by atoms with Gasteiger partial charge in [0.05, 0.1) is 23.4 Å². The van der Waals surface area contributed by atoms with E-state index in [-0.39, 0.29) is 17.6 Å². The molecule has 0 saturated carbocycles. The van der Waals surface area contributed by atoms with E-state index in [1.807, 2.05) is 20.8 Å². The lowest BCUT2D eigenvalue weighted by atomic mass is 9.90. The Morgan fingerprint density at radius 1 is 1.43 bits per heavy atom. The van der Waals surface area contributed by atoms with Crippen LogP contribution in [-0.2, 0) is 11.2 Å². The third kappa shape index (κ3) is 3.95. The lowest BCUT2D eigenvalue weighted by Gasteiger charge is -2.18. The smallest absolute Gasteiger partial charge is 0.286 e. The minimum Gasteiger partial charge on any atom is -0.359 e. The summed E-state index contributed by atoms with van der Waals surface area (Å²) in [4.78, 5) is 26.1. The number of hydrogen-bond donors (Lipinski definition) is 3. The monoisotopic (exact) mass is 321 g/mol.